The van der Waals surface area contributed by atoms with Crippen LogP contribution in [0.25, 0.3) is 0 Å². The lowest BCUT2D eigenvalue weighted by Crippen LogP contribution is -2.53. The smallest absolute Gasteiger partial charge is 0.409 e. The van der Waals surface area contributed by atoms with Crippen LogP contribution in [-0.2, 0) is 19.6 Å². The van der Waals surface area contributed by atoms with Crippen LogP contribution < -0.4 is 18.5 Å². The van der Waals surface area contributed by atoms with Gasteiger partial charge in [-0.1, -0.05) is 11.6 Å². The average Bonchev–Trinajstić information content (AvgIpc) is 2.91. The van der Waals surface area contributed by atoms with E-state index in [1.54, 1.807) is 13.0 Å². The highest BCUT2D eigenvalue weighted by Crippen LogP contribution is 2.37. The number of hydrogen-bond donors (Lipinski definition) is 0. The Morgan fingerprint density at radius 2 is 1.49 bits per heavy atom. The summed E-state index contributed by atoms with van der Waals surface area (Å²) in [5.41, 5.74) is 0.100. The normalized spacial score (nSPS) is 13.6. The molecular formula is C24H30ClN3O8S. The molecule has 37 heavy (non-hydrogen) atoms. The Bertz CT molecular complexity index is 1230. The van der Waals surface area contributed by atoms with Crippen LogP contribution in [0.15, 0.2) is 41.3 Å². The Balaban J connectivity index is 1.96. The molecule has 0 bridgehead atoms. The van der Waals surface area contributed by atoms with Crippen molar-refractivity contribution in [3.8, 4) is 17.2 Å². The zero-order valence-electron chi connectivity index (χ0n) is 21.1. The van der Waals surface area contributed by atoms with Crippen LogP contribution in [0.3, 0.4) is 0 Å². The Hall–Kier alpha value is -3.38. The molecule has 0 unspecified atom stereocenters. The molecule has 0 N–H and O–H groups in total. The number of amides is 2. The molecule has 3 rings (SSSR count). The maximum absolute atomic E-state index is 13.9. The number of halogens is 1. The van der Waals surface area contributed by atoms with Crippen LogP contribution in [0.1, 0.15) is 6.92 Å². The van der Waals surface area contributed by atoms with E-state index in [0.717, 1.165) is 4.31 Å². The second-order valence-electron chi connectivity index (χ2n) is 7.91. The largest absolute Gasteiger partial charge is 0.495 e. The first-order chi connectivity index (χ1) is 17.7. The number of nitrogens with zero attached hydrogens (tertiary/aromatic N) is 3. The minimum absolute atomic E-state index is 0.100. The number of sulfonamides is 1. The van der Waals surface area contributed by atoms with Crippen molar-refractivity contribution >= 4 is 39.3 Å². The zero-order chi connectivity index (χ0) is 27.2. The summed E-state index contributed by atoms with van der Waals surface area (Å²) in [6, 6.07) is 8.66. The van der Waals surface area contributed by atoms with Crippen LogP contribution in [0.5, 0.6) is 17.2 Å². The molecule has 202 valence electrons. The maximum Gasteiger partial charge on any atom is 0.409 e. The van der Waals surface area contributed by atoms with Crippen LogP contribution in [-0.4, -0.2) is 90.9 Å². The van der Waals surface area contributed by atoms with Gasteiger partial charge >= 0.3 is 6.09 Å². The van der Waals surface area contributed by atoms with Crippen molar-refractivity contribution in [1.29, 1.82) is 0 Å². The third kappa shape index (κ3) is 6.31. The molecule has 1 aliphatic rings. The number of carbonyl (C=O) groups is 2. The Kier molecular flexibility index (Phi) is 9.33. The number of anilines is 1. The third-order valence-corrected chi connectivity index (χ3v) is 7.78. The molecule has 1 heterocycles. The van der Waals surface area contributed by atoms with Crippen LogP contribution in [0.4, 0.5) is 10.5 Å². The fourth-order valence-electron chi connectivity index (χ4n) is 3.84. The Labute approximate surface area is 221 Å². The Morgan fingerprint density at radius 3 is 2.08 bits per heavy atom. The van der Waals surface area contributed by atoms with Gasteiger partial charge in [0.2, 0.25) is 5.91 Å². The first kappa shape index (κ1) is 28.2. The molecular weight excluding hydrogens is 526 g/mol. The summed E-state index contributed by atoms with van der Waals surface area (Å²) in [6.45, 7) is 2.45. The lowest BCUT2D eigenvalue weighted by Gasteiger charge is -2.35. The van der Waals surface area contributed by atoms with Gasteiger partial charge in [0.25, 0.3) is 10.0 Å². The molecule has 0 aliphatic carbocycles. The number of benzene rings is 2. The van der Waals surface area contributed by atoms with E-state index >= 15 is 0 Å². The van der Waals surface area contributed by atoms with Gasteiger partial charge in [0.15, 0.2) is 11.5 Å². The summed E-state index contributed by atoms with van der Waals surface area (Å²) < 4.78 is 49.7. The topological polar surface area (TPSA) is 115 Å². The monoisotopic (exact) mass is 555 g/mol. The minimum Gasteiger partial charge on any atom is -0.495 e. The van der Waals surface area contributed by atoms with E-state index < -0.39 is 28.6 Å². The molecule has 13 heteroatoms. The van der Waals surface area contributed by atoms with Gasteiger partial charge in [-0.3, -0.25) is 9.10 Å². The number of piperazine rings is 1. The van der Waals surface area contributed by atoms with Gasteiger partial charge in [0.1, 0.15) is 12.3 Å². The average molecular weight is 556 g/mol. The molecule has 0 aromatic heterocycles. The Morgan fingerprint density at radius 1 is 0.892 bits per heavy atom. The van der Waals surface area contributed by atoms with Gasteiger partial charge in [0, 0.05) is 37.3 Å². The summed E-state index contributed by atoms with van der Waals surface area (Å²) in [5.74, 6) is 0.329. The highest BCUT2D eigenvalue weighted by Gasteiger charge is 2.33. The van der Waals surface area contributed by atoms with Crippen molar-refractivity contribution in [2.75, 3.05) is 65.0 Å². The summed E-state index contributed by atoms with van der Waals surface area (Å²) in [6.07, 6.45) is -0.448. The van der Waals surface area contributed by atoms with E-state index in [1.807, 2.05) is 0 Å². The van der Waals surface area contributed by atoms with Gasteiger partial charge in [0.05, 0.1) is 38.5 Å². The van der Waals surface area contributed by atoms with Crippen molar-refractivity contribution in [2.24, 2.45) is 0 Å². The summed E-state index contributed by atoms with van der Waals surface area (Å²) in [5, 5.41) is 0.263. The van der Waals surface area contributed by atoms with Gasteiger partial charge in [-0.15, -0.1) is 0 Å². The van der Waals surface area contributed by atoms with E-state index in [1.165, 1.54) is 61.5 Å². The van der Waals surface area contributed by atoms with Crippen LogP contribution in [0.2, 0.25) is 5.02 Å². The van der Waals surface area contributed by atoms with Gasteiger partial charge in [-0.25, -0.2) is 13.2 Å². The minimum atomic E-state index is -4.30. The molecule has 2 amide bonds. The molecule has 1 aliphatic heterocycles. The van der Waals surface area contributed by atoms with Crippen molar-refractivity contribution in [3.05, 3.63) is 41.4 Å². The highest BCUT2D eigenvalue weighted by atomic mass is 35.5. The summed E-state index contributed by atoms with van der Waals surface area (Å²) in [4.78, 5) is 28.2. The van der Waals surface area contributed by atoms with Crippen LogP contribution in [0, 0.1) is 0 Å². The molecule has 1 saturated heterocycles. The van der Waals surface area contributed by atoms with E-state index in [0.29, 0.717) is 5.75 Å². The number of ether oxygens (including phenoxy) is 4. The second kappa shape index (κ2) is 12.2. The summed E-state index contributed by atoms with van der Waals surface area (Å²) in [7, 11) is -0.0717. The number of methoxy groups -OCH3 is 3. The predicted molar refractivity (Wildman–Crippen MR) is 137 cm³/mol. The lowest BCUT2D eigenvalue weighted by atomic mass is 10.2. The van der Waals surface area contributed by atoms with E-state index in [2.05, 4.69) is 0 Å². The maximum atomic E-state index is 13.9. The number of hydrogen-bond acceptors (Lipinski definition) is 8. The van der Waals surface area contributed by atoms with Crippen molar-refractivity contribution in [2.45, 2.75) is 11.8 Å². The first-order valence-corrected chi connectivity index (χ1v) is 13.3. The number of rotatable bonds is 9. The molecule has 2 aromatic carbocycles. The third-order valence-electron chi connectivity index (χ3n) is 5.79. The summed E-state index contributed by atoms with van der Waals surface area (Å²) >= 11 is 6.20. The SMILES string of the molecule is CCOC(=O)N1CCN(C(=O)CN(c2cc(Cl)ccc2OC)S(=O)(=O)c2ccc(OC)c(OC)c2)CC1. The van der Waals surface area contributed by atoms with E-state index in [-0.39, 0.29) is 59.9 Å². The molecule has 11 nitrogen and oxygen atoms in total. The highest BCUT2D eigenvalue weighted by molar-refractivity contribution is 7.92. The molecule has 0 radical (unpaired) electrons. The van der Waals surface area contributed by atoms with Crippen molar-refractivity contribution in [1.82, 2.24) is 9.80 Å². The quantitative estimate of drug-likeness (QED) is 0.464. The van der Waals surface area contributed by atoms with Gasteiger partial charge in [-0.05, 0) is 37.3 Å². The fraction of sp³-hybridized carbons (Fsp3) is 0.417. The molecule has 2 aromatic rings. The standard InChI is InChI=1S/C24H30ClN3O8S/c1-5-36-24(30)27-12-10-26(11-13-27)23(29)16-28(19-14-17(25)6-8-20(19)33-2)37(31,32)18-7-9-21(34-3)22(15-18)35-4/h6-9,14-15H,5,10-13,16H2,1-4H3. The number of carbonyl (C=O) groups excluding carboxylic acids is 2. The predicted octanol–water partition coefficient (Wildman–Crippen LogP) is 2.86. The van der Waals surface area contributed by atoms with Crippen LogP contribution >= 0.6 is 11.6 Å². The van der Waals surface area contributed by atoms with Crippen molar-refractivity contribution in [3.63, 3.8) is 0 Å². The van der Waals surface area contributed by atoms with Gasteiger partial charge < -0.3 is 28.7 Å². The lowest BCUT2D eigenvalue weighted by molar-refractivity contribution is -0.131. The fourth-order valence-corrected chi connectivity index (χ4v) is 5.44. The van der Waals surface area contributed by atoms with Crippen molar-refractivity contribution < 1.29 is 37.0 Å². The van der Waals surface area contributed by atoms with E-state index in [9.17, 15) is 18.0 Å². The molecule has 0 atom stereocenters. The van der Waals surface area contributed by atoms with Gasteiger partial charge in [-0.2, -0.15) is 0 Å². The first-order valence-electron chi connectivity index (χ1n) is 11.4. The molecule has 1 fully saturated rings. The zero-order valence-corrected chi connectivity index (χ0v) is 22.7. The second-order valence-corrected chi connectivity index (χ2v) is 10.2. The molecule has 0 spiro atoms. The van der Waals surface area contributed by atoms with E-state index in [4.69, 9.17) is 30.5 Å². The molecule has 0 saturated carbocycles.